The summed E-state index contributed by atoms with van der Waals surface area (Å²) in [5.74, 6) is -0.723. The second-order valence-electron chi connectivity index (χ2n) is 6.13. The fraction of sp³-hybridized carbons (Fsp3) is 0.389. The van der Waals surface area contributed by atoms with Crippen molar-refractivity contribution in [3.8, 4) is 0 Å². The first-order valence-electron chi connectivity index (χ1n) is 8.45. The van der Waals surface area contributed by atoms with Gasteiger partial charge >= 0.3 is 12.1 Å². The maximum absolute atomic E-state index is 12.6. The van der Waals surface area contributed by atoms with Gasteiger partial charge in [-0.15, -0.1) is 0 Å². The molecule has 0 saturated heterocycles. The third-order valence-corrected chi connectivity index (χ3v) is 4.35. The van der Waals surface area contributed by atoms with Gasteiger partial charge in [-0.05, 0) is 31.2 Å². The van der Waals surface area contributed by atoms with E-state index in [-0.39, 0.29) is 37.1 Å². The largest absolute Gasteiger partial charge is 0.465 e. The van der Waals surface area contributed by atoms with Crippen molar-refractivity contribution in [2.45, 2.75) is 32.6 Å². The minimum atomic E-state index is -4.44. The van der Waals surface area contributed by atoms with E-state index in [9.17, 15) is 22.8 Å². The molecule has 144 valence electrons. The summed E-state index contributed by atoms with van der Waals surface area (Å²) in [5.41, 5.74) is 1.08. The van der Waals surface area contributed by atoms with Gasteiger partial charge in [-0.3, -0.25) is 14.3 Å². The van der Waals surface area contributed by atoms with Crippen molar-refractivity contribution in [1.29, 1.82) is 0 Å². The fourth-order valence-corrected chi connectivity index (χ4v) is 3.02. The summed E-state index contributed by atoms with van der Waals surface area (Å²) >= 11 is 0. The Labute approximate surface area is 153 Å². The summed E-state index contributed by atoms with van der Waals surface area (Å²) in [5, 5.41) is 4.18. The van der Waals surface area contributed by atoms with Gasteiger partial charge in [-0.2, -0.15) is 18.3 Å². The first kappa shape index (κ1) is 18.9. The van der Waals surface area contributed by atoms with Gasteiger partial charge in [0.2, 0.25) is 0 Å². The zero-order chi connectivity index (χ0) is 19.6. The van der Waals surface area contributed by atoms with Crippen molar-refractivity contribution in [3.63, 3.8) is 0 Å². The summed E-state index contributed by atoms with van der Waals surface area (Å²) in [6.45, 7) is 2.70. The molecular weight excluding hydrogens is 363 g/mol. The Bertz CT molecular complexity index is 844. The number of amides is 1. The molecule has 6 nitrogen and oxygen atoms in total. The fourth-order valence-electron chi connectivity index (χ4n) is 3.02. The molecule has 0 radical (unpaired) electrons. The number of aromatic nitrogens is 2. The highest BCUT2D eigenvalue weighted by Gasteiger charge is 2.31. The Morgan fingerprint density at radius 3 is 2.56 bits per heavy atom. The van der Waals surface area contributed by atoms with Crippen LogP contribution in [0, 0.1) is 0 Å². The van der Waals surface area contributed by atoms with E-state index in [1.54, 1.807) is 22.7 Å². The van der Waals surface area contributed by atoms with Crippen molar-refractivity contribution < 1.29 is 27.5 Å². The number of halogens is 3. The number of esters is 1. The van der Waals surface area contributed by atoms with Crippen molar-refractivity contribution >= 4 is 11.9 Å². The summed E-state index contributed by atoms with van der Waals surface area (Å²) < 4.78 is 44.4. The van der Waals surface area contributed by atoms with E-state index < -0.39 is 11.7 Å². The molecule has 1 aromatic carbocycles. The van der Waals surface area contributed by atoms with Gasteiger partial charge in [0.25, 0.3) is 5.91 Å². The summed E-state index contributed by atoms with van der Waals surface area (Å²) in [6.07, 6.45) is -2.34. The lowest BCUT2D eigenvalue weighted by Crippen LogP contribution is -2.36. The molecule has 27 heavy (non-hydrogen) atoms. The molecular formula is C18H18F3N3O3. The zero-order valence-electron chi connectivity index (χ0n) is 14.6. The molecule has 0 spiro atoms. The van der Waals surface area contributed by atoms with Crippen LogP contribution in [0.3, 0.4) is 0 Å². The van der Waals surface area contributed by atoms with Gasteiger partial charge in [-0.25, -0.2) is 0 Å². The Kier molecular flexibility index (Phi) is 5.20. The molecule has 0 fully saturated rings. The Morgan fingerprint density at radius 1 is 1.22 bits per heavy atom. The first-order chi connectivity index (χ1) is 12.8. The minimum absolute atomic E-state index is 0.00994. The quantitative estimate of drug-likeness (QED) is 0.764. The predicted molar refractivity (Wildman–Crippen MR) is 88.7 cm³/mol. The van der Waals surface area contributed by atoms with Gasteiger partial charge in [-0.1, -0.05) is 0 Å². The van der Waals surface area contributed by atoms with Crippen LogP contribution in [-0.4, -0.2) is 39.7 Å². The maximum Gasteiger partial charge on any atom is 0.416 e. The van der Waals surface area contributed by atoms with Crippen LogP contribution >= 0.6 is 0 Å². The molecule has 9 heteroatoms. The number of hydrogen-bond donors (Lipinski definition) is 0. The summed E-state index contributed by atoms with van der Waals surface area (Å²) in [6, 6.07) is 4.18. The minimum Gasteiger partial charge on any atom is -0.465 e. The molecule has 0 atom stereocenters. The molecule has 2 heterocycles. The average molecular weight is 381 g/mol. The van der Waals surface area contributed by atoms with E-state index in [4.69, 9.17) is 4.74 Å². The smallest absolute Gasteiger partial charge is 0.416 e. The van der Waals surface area contributed by atoms with Gasteiger partial charge in [0.1, 0.15) is 6.54 Å². The molecule has 1 amide bonds. The number of ether oxygens (including phenoxy) is 1. The molecule has 3 rings (SSSR count). The second-order valence-corrected chi connectivity index (χ2v) is 6.13. The van der Waals surface area contributed by atoms with Gasteiger partial charge < -0.3 is 9.64 Å². The molecule has 1 aliphatic heterocycles. The second kappa shape index (κ2) is 7.42. The van der Waals surface area contributed by atoms with E-state index in [1.807, 2.05) is 0 Å². The standard InChI is InChI=1S/C18H18F3N3O3/c1-2-27-16(25)11-24-15-7-8-23(10-13(15)9-22-24)17(26)12-3-5-14(6-4-12)18(19,20)21/h3-6,9H,2,7-8,10-11H2,1H3. The lowest BCUT2D eigenvalue weighted by atomic mass is 10.1. The summed E-state index contributed by atoms with van der Waals surface area (Å²) in [7, 11) is 0. The highest BCUT2D eigenvalue weighted by molar-refractivity contribution is 5.94. The molecule has 0 unspecified atom stereocenters. The topological polar surface area (TPSA) is 64.4 Å². The lowest BCUT2D eigenvalue weighted by Gasteiger charge is -2.27. The van der Waals surface area contributed by atoms with Crippen LogP contribution in [0.1, 0.15) is 34.1 Å². The highest BCUT2D eigenvalue weighted by atomic mass is 19.4. The number of nitrogens with zero attached hydrogens (tertiary/aromatic N) is 3. The van der Waals surface area contributed by atoms with Crippen LogP contribution in [0.15, 0.2) is 30.5 Å². The van der Waals surface area contributed by atoms with Gasteiger partial charge in [0, 0.05) is 36.3 Å². The van der Waals surface area contributed by atoms with Crippen molar-refractivity contribution in [2.75, 3.05) is 13.2 Å². The number of alkyl halides is 3. The van der Waals surface area contributed by atoms with E-state index in [0.29, 0.717) is 13.0 Å². The van der Waals surface area contributed by atoms with Crippen LogP contribution in [0.25, 0.3) is 0 Å². The summed E-state index contributed by atoms with van der Waals surface area (Å²) in [4.78, 5) is 25.8. The number of carbonyl (C=O) groups is 2. The molecule has 0 aliphatic carbocycles. The van der Waals surface area contributed by atoms with E-state index in [2.05, 4.69) is 5.10 Å². The zero-order valence-corrected chi connectivity index (χ0v) is 14.6. The number of fused-ring (bicyclic) bond motifs is 1. The van der Waals surface area contributed by atoms with Crippen molar-refractivity contribution in [2.24, 2.45) is 0 Å². The van der Waals surface area contributed by atoms with Crippen LogP contribution in [-0.2, 0) is 35.2 Å². The van der Waals surface area contributed by atoms with E-state index in [0.717, 1.165) is 23.4 Å². The van der Waals surface area contributed by atoms with Crippen LogP contribution in [0.5, 0.6) is 0 Å². The Balaban J connectivity index is 1.70. The normalized spacial score (nSPS) is 14.0. The average Bonchev–Trinajstić information content (AvgIpc) is 3.02. The molecule has 0 saturated carbocycles. The first-order valence-corrected chi connectivity index (χ1v) is 8.45. The van der Waals surface area contributed by atoms with Crippen LogP contribution < -0.4 is 0 Å². The van der Waals surface area contributed by atoms with Gasteiger partial charge in [0.05, 0.1) is 18.4 Å². The Morgan fingerprint density at radius 2 is 1.93 bits per heavy atom. The maximum atomic E-state index is 12.6. The monoisotopic (exact) mass is 381 g/mol. The van der Waals surface area contributed by atoms with E-state index >= 15 is 0 Å². The number of hydrogen-bond acceptors (Lipinski definition) is 4. The molecule has 0 bridgehead atoms. The third kappa shape index (κ3) is 4.12. The molecule has 1 aromatic heterocycles. The third-order valence-electron chi connectivity index (χ3n) is 4.35. The lowest BCUT2D eigenvalue weighted by molar-refractivity contribution is -0.144. The molecule has 0 N–H and O–H groups in total. The molecule has 1 aliphatic rings. The van der Waals surface area contributed by atoms with Crippen molar-refractivity contribution in [1.82, 2.24) is 14.7 Å². The number of benzene rings is 1. The molecule has 2 aromatic rings. The number of rotatable bonds is 4. The van der Waals surface area contributed by atoms with E-state index in [1.165, 1.54) is 12.1 Å². The number of carbonyl (C=O) groups excluding carboxylic acids is 2. The Hall–Kier alpha value is -2.84. The predicted octanol–water partition coefficient (Wildman–Crippen LogP) is 2.66. The van der Waals surface area contributed by atoms with Crippen molar-refractivity contribution in [3.05, 3.63) is 52.8 Å². The van der Waals surface area contributed by atoms with Crippen LogP contribution in [0.4, 0.5) is 13.2 Å². The highest BCUT2D eigenvalue weighted by Crippen LogP contribution is 2.29. The van der Waals surface area contributed by atoms with Crippen LogP contribution in [0.2, 0.25) is 0 Å². The SMILES string of the molecule is CCOC(=O)Cn1ncc2c1CCN(C(=O)c1ccc(C(F)(F)F)cc1)C2. The van der Waals surface area contributed by atoms with Gasteiger partial charge in [0.15, 0.2) is 0 Å².